The number of para-hydroxylation sites is 1. The molecule has 3 aromatic rings. The van der Waals surface area contributed by atoms with Gasteiger partial charge in [-0.25, -0.2) is 0 Å². The number of halogens is 2. The smallest absolute Gasteiger partial charge is 0.252 e. The molecule has 1 fully saturated rings. The van der Waals surface area contributed by atoms with Crippen LogP contribution in [0.25, 0.3) is 10.9 Å². The quantitative estimate of drug-likeness (QED) is 0.597. The molecule has 1 atom stereocenters. The zero-order valence-corrected chi connectivity index (χ0v) is 18.0. The van der Waals surface area contributed by atoms with Gasteiger partial charge in [-0.15, -0.1) is 0 Å². The first-order chi connectivity index (χ1) is 14.6. The largest absolute Gasteiger partial charge is 0.395 e. The van der Waals surface area contributed by atoms with E-state index in [1.54, 1.807) is 6.07 Å². The van der Waals surface area contributed by atoms with E-state index >= 15 is 0 Å². The number of aliphatic hydroxyl groups is 1. The summed E-state index contributed by atoms with van der Waals surface area (Å²) in [5, 5.41) is 13.8. The summed E-state index contributed by atoms with van der Waals surface area (Å²) >= 11 is 12.5. The third-order valence-corrected chi connectivity index (χ3v) is 6.35. The molecule has 4 rings (SSSR count). The van der Waals surface area contributed by atoms with Gasteiger partial charge in [-0.05, 0) is 36.7 Å². The van der Waals surface area contributed by atoms with Gasteiger partial charge in [0.05, 0.1) is 27.7 Å². The van der Waals surface area contributed by atoms with Gasteiger partial charge in [0, 0.05) is 36.6 Å². The first-order valence-electron chi connectivity index (χ1n) is 10.0. The maximum atomic E-state index is 12.7. The molecular formula is C23H23Cl2N3O2. The highest BCUT2D eigenvalue weighted by atomic mass is 35.5. The van der Waals surface area contributed by atoms with Crippen LogP contribution < -0.4 is 5.32 Å². The number of rotatable bonds is 6. The number of aromatic nitrogens is 1. The van der Waals surface area contributed by atoms with Gasteiger partial charge in [0.15, 0.2) is 0 Å². The van der Waals surface area contributed by atoms with Crippen molar-refractivity contribution in [2.24, 2.45) is 0 Å². The first kappa shape index (κ1) is 21.1. The molecule has 2 aromatic carbocycles. The Labute approximate surface area is 185 Å². The minimum Gasteiger partial charge on any atom is -0.395 e. The van der Waals surface area contributed by atoms with Crippen LogP contribution in [0.5, 0.6) is 0 Å². The topological polar surface area (TPSA) is 65.5 Å². The molecule has 5 nitrogen and oxygen atoms in total. The number of aliphatic hydroxyl groups excluding tert-OH is 1. The van der Waals surface area contributed by atoms with Gasteiger partial charge in [-0.1, -0.05) is 53.5 Å². The van der Waals surface area contributed by atoms with Crippen molar-refractivity contribution in [3.05, 3.63) is 75.4 Å². The first-order valence-corrected chi connectivity index (χ1v) is 10.8. The van der Waals surface area contributed by atoms with Gasteiger partial charge in [0.2, 0.25) is 0 Å². The Morgan fingerprint density at radius 1 is 1.20 bits per heavy atom. The lowest BCUT2D eigenvalue weighted by Gasteiger charge is -2.18. The lowest BCUT2D eigenvalue weighted by Crippen LogP contribution is -2.27. The van der Waals surface area contributed by atoms with Crippen molar-refractivity contribution in [2.45, 2.75) is 18.9 Å². The van der Waals surface area contributed by atoms with Crippen LogP contribution in [0.1, 0.15) is 34.0 Å². The van der Waals surface area contributed by atoms with Crippen LogP contribution in [0.4, 0.5) is 0 Å². The predicted octanol–water partition coefficient (Wildman–Crippen LogP) is 4.25. The van der Waals surface area contributed by atoms with Crippen molar-refractivity contribution in [3.63, 3.8) is 0 Å². The second-order valence-electron chi connectivity index (χ2n) is 7.52. The van der Waals surface area contributed by atoms with Crippen molar-refractivity contribution >= 4 is 40.0 Å². The Hall–Kier alpha value is -2.18. The van der Waals surface area contributed by atoms with Crippen LogP contribution >= 0.6 is 23.2 Å². The predicted molar refractivity (Wildman–Crippen MR) is 120 cm³/mol. The summed E-state index contributed by atoms with van der Waals surface area (Å²) in [6.07, 6.45) is 0.960. The van der Waals surface area contributed by atoms with E-state index in [2.05, 4.69) is 10.2 Å². The fourth-order valence-corrected chi connectivity index (χ4v) is 4.37. The van der Waals surface area contributed by atoms with E-state index in [1.165, 1.54) is 0 Å². The van der Waals surface area contributed by atoms with Gasteiger partial charge in [-0.3, -0.25) is 14.7 Å². The molecule has 2 heterocycles. The summed E-state index contributed by atoms with van der Waals surface area (Å²) < 4.78 is 0. The van der Waals surface area contributed by atoms with Crippen LogP contribution in [0.2, 0.25) is 10.0 Å². The van der Waals surface area contributed by atoms with Gasteiger partial charge in [0.1, 0.15) is 0 Å². The zero-order chi connectivity index (χ0) is 21.1. The average molecular weight is 444 g/mol. The number of amides is 1. The van der Waals surface area contributed by atoms with Crippen LogP contribution in [-0.2, 0) is 6.54 Å². The van der Waals surface area contributed by atoms with Crippen LogP contribution in [0.15, 0.2) is 48.5 Å². The highest BCUT2D eigenvalue weighted by molar-refractivity contribution is 6.42. The number of hydrogen-bond donors (Lipinski definition) is 2. The molecule has 7 heteroatoms. The normalized spacial score (nSPS) is 16.8. The molecule has 1 aromatic heterocycles. The van der Waals surface area contributed by atoms with Crippen molar-refractivity contribution in [3.8, 4) is 0 Å². The Kier molecular flexibility index (Phi) is 6.54. The summed E-state index contributed by atoms with van der Waals surface area (Å²) in [4.78, 5) is 19.9. The summed E-state index contributed by atoms with van der Waals surface area (Å²) in [6.45, 7) is 2.63. The van der Waals surface area contributed by atoms with Gasteiger partial charge in [-0.2, -0.15) is 0 Å². The van der Waals surface area contributed by atoms with E-state index in [0.717, 1.165) is 48.2 Å². The van der Waals surface area contributed by atoms with Crippen LogP contribution in [-0.4, -0.2) is 47.1 Å². The minimum atomic E-state index is -0.190. The molecule has 0 saturated carbocycles. The molecule has 0 spiro atoms. The minimum absolute atomic E-state index is 0.0920. The Balaban J connectivity index is 1.57. The highest BCUT2D eigenvalue weighted by Crippen LogP contribution is 2.32. The Morgan fingerprint density at radius 3 is 2.87 bits per heavy atom. The molecule has 30 heavy (non-hydrogen) atoms. The fourth-order valence-electron chi connectivity index (χ4n) is 3.99. The summed E-state index contributed by atoms with van der Waals surface area (Å²) in [6, 6.07) is 15.3. The maximum Gasteiger partial charge on any atom is 0.252 e. The molecular weight excluding hydrogens is 421 g/mol. The molecule has 0 unspecified atom stereocenters. The number of fused-ring (bicyclic) bond motifs is 1. The summed E-state index contributed by atoms with van der Waals surface area (Å²) in [5.74, 6) is 0.0430. The number of hydrogen-bond acceptors (Lipinski definition) is 4. The van der Waals surface area contributed by atoms with Crippen molar-refractivity contribution < 1.29 is 9.90 Å². The van der Waals surface area contributed by atoms with Gasteiger partial charge >= 0.3 is 0 Å². The second kappa shape index (κ2) is 9.31. The lowest BCUT2D eigenvalue weighted by atomic mass is 9.99. The van der Waals surface area contributed by atoms with Crippen LogP contribution in [0.3, 0.4) is 0 Å². The number of benzene rings is 2. The molecule has 0 radical (unpaired) electrons. The molecule has 0 bridgehead atoms. The zero-order valence-electron chi connectivity index (χ0n) is 16.4. The number of likely N-dealkylation sites (tertiary alicyclic amines) is 1. The van der Waals surface area contributed by atoms with E-state index in [0.29, 0.717) is 15.6 Å². The monoisotopic (exact) mass is 443 g/mol. The number of nitrogens with zero attached hydrogens (tertiary/aromatic N) is 2. The SMILES string of the molecule is O=C(NCCO)c1cc([C@H]2CCN(Cc3cccc(Cl)c3Cl)C2)nc2ccccc12. The van der Waals surface area contributed by atoms with E-state index in [-0.39, 0.29) is 25.0 Å². The van der Waals surface area contributed by atoms with Gasteiger partial charge < -0.3 is 10.4 Å². The summed E-state index contributed by atoms with van der Waals surface area (Å²) in [5.41, 5.74) is 3.34. The molecule has 1 amide bonds. The van der Waals surface area contributed by atoms with Crippen molar-refractivity contribution in [2.75, 3.05) is 26.2 Å². The number of carbonyl (C=O) groups is 1. The molecule has 1 aliphatic rings. The van der Waals surface area contributed by atoms with E-state index in [4.69, 9.17) is 33.3 Å². The number of pyridine rings is 1. The molecule has 1 saturated heterocycles. The van der Waals surface area contributed by atoms with E-state index in [1.807, 2.05) is 42.5 Å². The Bertz CT molecular complexity index is 1070. The Morgan fingerprint density at radius 2 is 2.03 bits per heavy atom. The maximum absolute atomic E-state index is 12.7. The standard InChI is InChI=1S/C23H23Cl2N3O2/c24-19-6-3-4-16(22(19)25)14-28-10-8-15(13-28)21-12-18(23(30)26-9-11-29)17-5-1-2-7-20(17)27-21/h1-7,12,15,29H,8-11,13-14H2,(H,26,30)/t15-/m0/s1. The van der Waals surface area contributed by atoms with Crippen molar-refractivity contribution in [1.29, 1.82) is 0 Å². The highest BCUT2D eigenvalue weighted by Gasteiger charge is 2.27. The van der Waals surface area contributed by atoms with Crippen molar-refractivity contribution in [1.82, 2.24) is 15.2 Å². The molecule has 0 aliphatic carbocycles. The fraction of sp³-hybridized carbons (Fsp3) is 0.304. The lowest BCUT2D eigenvalue weighted by molar-refractivity contribution is 0.0946. The third kappa shape index (κ3) is 4.44. The van der Waals surface area contributed by atoms with E-state index < -0.39 is 0 Å². The molecule has 2 N–H and O–H groups in total. The molecule has 1 aliphatic heterocycles. The van der Waals surface area contributed by atoms with Gasteiger partial charge in [0.25, 0.3) is 5.91 Å². The summed E-state index contributed by atoms with van der Waals surface area (Å²) in [7, 11) is 0. The average Bonchev–Trinajstić information content (AvgIpc) is 3.23. The van der Waals surface area contributed by atoms with Crippen LogP contribution in [0, 0.1) is 0 Å². The van der Waals surface area contributed by atoms with E-state index in [9.17, 15) is 4.79 Å². The second-order valence-corrected chi connectivity index (χ2v) is 8.31. The number of nitrogens with one attached hydrogen (secondary N) is 1. The third-order valence-electron chi connectivity index (χ3n) is 5.49. The number of carbonyl (C=O) groups excluding carboxylic acids is 1. The molecule has 156 valence electrons.